The zero-order chi connectivity index (χ0) is 21.5. The van der Waals surface area contributed by atoms with E-state index in [-0.39, 0.29) is 18.4 Å². The number of carbonyl (C=O) groups is 2. The average Bonchev–Trinajstić information content (AvgIpc) is 2.74. The monoisotopic (exact) mass is 423 g/mol. The van der Waals surface area contributed by atoms with Gasteiger partial charge in [0.2, 0.25) is 5.91 Å². The summed E-state index contributed by atoms with van der Waals surface area (Å²) in [4.78, 5) is 24.5. The summed E-state index contributed by atoms with van der Waals surface area (Å²) in [6, 6.07) is 19.3. The van der Waals surface area contributed by atoms with Crippen molar-refractivity contribution >= 4 is 40.5 Å². The van der Waals surface area contributed by atoms with Gasteiger partial charge in [-0.25, -0.2) is 0 Å². The Labute approximate surface area is 180 Å². The van der Waals surface area contributed by atoms with E-state index in [2.05, 4.69) is 16.0 Å². The first-order valence-corrected chi connectivity index (χ1v) is 9.68. The third-order valence-corrected chi connectivity index (χ3v) is 4.66. The van der Waals surface area contributed by atoms with Crippen LogP contribution in [0.2, 0.25) is 5.02 Å². The first-order valence-electron chi connectivity index (χ1n) is 9.30. The van der Waals surface area contributed by atoms with Crippen LogP contribution in [0.4, 0.5) is 17.1 Å². The number of benzene rings is 3. The van der Waals surface area contributed by atoms with Gasteiger partial charge in [0, 0.05) is 16.9 Å². The molecule has 0 atom stereocenters. The summed E-state index contributed by atoms with van der Waals surface area (Å²) in [7, 11) is 1.58. The molecule has 3 aromatic carbocycles. The van der Waals surface area contributed by atoms with Gasteiger partial charge in [-0.2, -0.15) is 0 Å². The second-order valence-corrected chi connectivity index (χ2v) is 7.05. The molecule has 3 aromatic rings. The molecule has 0 aliphatic rings. The van der Waals surface area contributed by atoms with E-state index in [0.717, 1.165) is 5.56 Å². The molecule has 0 aromatic heterocycles. The fourth-order valence-corrected chi connectivity index (χ4v) is 3.03. The maximum atomic E-state index is 12.4. The molecule has 0 radical (unpaired) electrons. The Kier molecular flexibility index (Phi) is 6.93. The molecule has 6 nitrogen and oxygen atoms in total. The van der Waals surface area contributed by atoms with Gasteiger partial charge >= 0.3 is 0 Å². The van der Waals surface area contributed by atoms with Gasteiger partial charge in [-0.1, -0.05) is 17.7 Å². The van der Waals surface area contributed by atoms with E-state index >= 15 is 0 Å². The van der Waals surface area contributed by atoms with Crippen molar-refractivity contribution in [2.45, 2.75) is 6.92 Å². The zero-order valence-corrected chi connectivity index (χ0v) is 17.4. The maximum Gasteiger partial charge on any atom is 0.255 e. The van der Waals surface area contributed by atoms with E-state index in [0.29, 0.717) is 33.4 Å². The summed E-state index contributed by atoms with van der Waals surface area (Å²) in [5.41, 5.74) is 3.49. The van der Waals surface area contributed by atoms with Crippen LogP contribution in [0.1, 0.15) is 15.9 Å². The quantitative estimate of drug-likeness (QED) is 0.501. The summed E-state index contributed by atoms with van der Waals surface area (Å²) in [5, 5.41) is 9.17. The molecule has 2 amide bonds. The number of hydrogen-bond donors (Lipinski definition) is 3. The van der Waals surface area contributed by atoms with Crippen molar-refractivity contribution in [2.75, 3.05) is 29.6 Å². The van der Waals surface area contributed by atoms with Crippen LogP contribution in [-0.4, -0.2) is 25.5 Å². The number of nitrogens with one attached hydrogen (secondary N) is 3. The van der Waals surface area contributed by atoms with Crippen molar-refractivity contribution in [1.82, 2.24) is 0 Å². The number of aryl methyl sites for hydroxylation is 1. The second kappa shape index (κ2) is 9.80. The van der Waals surface area contributed by atoms with E-state index in [9.17, 15) is 9.59 Å². The summed E-state index contributed by atoms with van der Waals surface area (Å²) in [6.07, 6.45) is 0. The number of halogens is 1. The van der Waals surface area contributed by atoms with E-state index < -0.39 is 0 Å². The summed E-state index contributed by atoms with van der Waals surface area (Å²) in [6.45, 7) is 2.02. The van der Waals surface area contributed by atoms with Crippen molar-refractivity contribution in [3.05, 3.63) is 82.9 Å². The lowest BCUT2D eigenvalue weighted by atomic mass is 10.2. The molecule has 3 N–H and O–H groups in total. The summed E-state index contributed by atoms with van der Waals surface area (Å²) in [5.74, 6) is 0.253. The van der Waals surface area contributed by atoms with Gasteiger partial charge in [0.25, 0.3) is 5.91 Å². The Balaban J connectivity index is 1.52. The first-order chi connectivity index (χ1) is 14.4. The second-order valence-electron chi connectivity index (χ2n) is 6.65. The highest BCUT2D eigenvalue weighted by Gasteiger charge is 2.08. The minimum Gasteiger partial charge on any atom is -0.497 e. The van der Waals surface area contributed by atoms with E-state index in [1.165, 1.54) is 0 Å². The minimum absolute atomic E-state index is 0.0719. The molecule has 0 aliphatic heterocycles. The highest BCUT2D eigenvalue weighted by molar-refractivity contribution is 6.33. The SMILES string of the molecule is COc1ccc(NC(=O)c2ccc(NC(=O)CNc3ccc(C)cc3Cl)cc2)cc1. The van der Waals surface area contributed by atoms with Gasteiger partial charge in [0.05, 0.1) is 24.4 Å². The van der Waals surface area contributed by atoms with Crippen LogP contribution in [0.5, 0.6) is 5.75 Å². The summed E-state index contributed by atoms with van der Waals surface area (Å²) < 4.78 is 5.10. The van der Waals surface area contributed by atoms with Crippen molar-refractivity contribution in [2.24, 2.45) is 0 Å². The maximum absolute atomic E-state index is 12.4. The molecule has 0 saturated carbocycles. The lowest BCUT2D eigenvalue weighted by molar-refractivity contribution is -0.114. The Bertz CT molecular complexity index is 1030. The number of carbonyl (C=O) groups excluding carboxylic acids is 2. The molecular weight excluding hydrogens is 402 g/mol. The Hall–Kier alpha value is -3.51. The van der Waals surface area contributed by atoms with Crippen LogP contribution in [0.3, 0.4) is 0 Å². The number of ether oxygens (including phenoxy) is 1. The Morgan fingerprint density at radius 3 is 2.17 bits per heavy atom. The standard InChI is InChI=1S/C23H22ClN3O3/c1-15-3-12-21(20(24)13-15)25-14-22(28)26-17-6-4-16(5-7-17)23(29)27-18-8-10-19(30-2)11-9-18/h3-13,25H,14H2,1-2H3,(H,26,28)(H,27,29). The van der Waals surface area contributed by atoms with E-state index in [4.69, 9.17) is 16.3 Å². The van der Waals surface area contributed by atoms with Crippen LogP contribution in [-0.2, 0) is 4.79 Å². The van der Waals surface area contributed by atoms with Gasteiger partial charge in [0.1, 0.15) is 5.75 Å². The van der Waals surface area contributed by atoms with Crippen molar-refractivity contribution in [1.29, 1.82) is 0 Å². The van der Waals surface area contributed by atoms with Crippen molar-refractivity contribution < 1.29 is 14.3 Å². The topological polar surface area (TPSA) is 79.5 Å². The molecular formula is C23H22ClN3O3. The van der Waals surface area contributed by atoms with Crippen molar-refractivity contribution in [3.8, 4) is 5.75 Å². The average molecular weight is 424 g/mol. The molecule has 0 saturated heterocycles. The number of amides is 2. The molecule has 0 unspecified atom stereocenters. The minimum atomic E-state index is -0.242. The molecule has 0 spiro atoms. The molecule has 0 fully saturated rings. The lowest BCUT2D eigenvalue weighted by Gasteiger charge is -2.10. The lowest BCUT2D eigenvalue weighted by Crippen LogP contribution is -2.22. The Morgan fingerprint density at radius 2 is 1.53 bits per heavy atom. The van der Waals surface area contributed by atoms with Gasteiger partial charge in [-0.3, -0.25) is 9.59 Å². The molecule has 0 heterocycles. The predicted octanol–water partition coefficient (Wildman–Crippen LogP) is 4.96. The number of anilines is 3. The predicted molar refractivity (Wildman–Crippen MR) is 121 cm³/mol. The van der Waals surface area contributed by atoms with Gasteiger partial charge < -0.3 is 20.7 Å². The summed E-state index contributed by atoms with van der Waals surface area (Å²) >= 11 is 6.16. The fraction of sp³-hybridized carbons (Fsp3) is 0.130. The normalized spacial score (nSPS) is 10.2. The smallest absolute Gasteiger partial charge is 0.255 e. The molecule has 154 valence electrons. The Morgan fingerprint density at radius 1 is 0.900 bits per heavy atom. The van der Waals surface area contributed by atoms with Gasteiger partial charge in [-0.05, 0) is 73.2 Å². The van der Waals surface area contributed by atoms with Crippen LogP contribution in [0.25, 0.3) is 0 Å². The molecule has 0 bridgehead atoms. The van der Waals surface area contributed by atoms with Crippen LogP contribution in [0.15, 0.2) is 66.7 Å². The molecule has 30 heavy (non-hydrogen) atoms. The van der Waals surface area contributed by atoms with E-state index in [1.807, 2.05) is 25.1 Å². The van der Waals surface area contributed by atoms with Crippen LogP contribution < -0.4 is 20.7 Å². The number of hydrogen-bond acceptors (Lipinski definition) is 4. The number of rotatable bonds is 7. The van der Waals surface area contributed by atoms with E-state index in [1.54, 1.807) is 55.6 Å². The van der Waals surface area contributed by atoms with Crippen LogP contribution >= 0.6 is 11.6 Å². The van der Waals surface area contributed by atoms with Gasteiger partial charge in [0.15, 0.2) is 0 Å². The van der Waals surface area contributed by atoms with Gasteiger partial charge in [-0.15, -0.1) is 0 Å². The highest BCUT2D eigenvalue weighted by Crippen LogP contribution is 2.22. The molecule has 0 aliphatic carbocycles. The molecule has 7 heteroatoms. The van der Waals surface area contributed by atoms with Crippen molar-refractivity contribution in [3.63, 3.8) is 0 Å². The number of methoxy groups -OCH3 is 1. The largest absolute Gasteiger partial charge is 0.497 e. The first kappa shape index (κ1) is 21.2. The molecule has 3 rings (SSSR count). The zero-order valence-electron chi connectivity index (χ0n) is 16.7. The third-order valence-electron chi connectivity index (χ3n) is 4.34. The highest BCUT2D eigenvalue weighted by atomic mass is 35.5. The fourth-order valence-electron chi connectivity index (χ4n) is 2.73. The van der Waals surface area contributed by atoms with Crippen LogP contribution in [0, 0.1) is 6.92 Å². The third kappa shape index (κ3) is 5.75.